The van der Waals surface area contributed by atoms with Gasteiger partial charge in [0.15, 0.2) is 11.5 Å². The van der Waals surface area contributed by atoms with Crippen LogP contribution in [0, 0.1) is 17.7 Å². The van der Waals surface area contributed by atoms with E-state index in [9.17, 15) is 14.3 Å². The van der Waals surface area contributed by atoms with Gasteiger partial charge in [0.25, 0.3) is 5.91 Å². The van der Waals surface area contributed by atoms with Gasteiger partial charge >= 0.3 is 0 Å². The highest BCUT2D eigenvalue weighted by Crippen LogP contribution is 2.43. The number of hydrogen-bond donors (Lipinski definition) is 2. The number of nitrogens with one attached hydrogen (secondary N) is 1. The van der Waals surface area contributed by atoms with Gasteiger partial charge in [0.05, 0.1) is 13.2 Å². The summed E-state index contributed by atoms with van der Waals surface area (Å²) in [5, 5.41) is 13.4. The summed E-state index contributed by atoms with van der Waals surface area (Å²) in [6, 6.07) is 11.0. The Morgan fingerprint density at radius 2 is 2.07 bits per heavy atom. The van der Waals surface area contributed by atoms with Crippen molar-refractivity contribution in [2.45, 2.75) is 6.04 Å². The van der Waals surface area contributed by atoms with Crippen LogP contribution in [0.2, 0.25) is 0 Å². The minimum absolute atomic E-state index is 0. The highest BCUT2D eigenvalue weighted by molar-refractivity contribution is 5.95. The Morgan fingerprint density at radius 3 is 2.78 bits per heavy atom. The van der Waals surface area contributed by atoms with Crippen molar-refractivity contribution >= 4 is 18.3 Å². The Kier molecular flexibility index (Phi) is 5.58. The van der Waals surface area contributed by atoms with E-state index in [2.05, 4.69) is 5.32 Å². The fourth-order valence-corrected chi connectivity index (χ4v) is 4.24. The lowest BCUT2D eigenvalue weighted by molar-refractivity contribution is 0.0713. The largest absolute Gasteiger partial charge is 0.504 e. The van der Waals surface area contributed by atoms with E-state index in [1.165, 1.54) is 25.3 Å². The van der Waals surface area contributed by atoms with Crippen LogP contribution >= 0.6 is 12.4 Å². The molecule has 2 fully saturated rings. The molecule has 144 valence electrons. The van der Waals surface area contributed by atoms with Crippen LogP contribution in [0.5, 0.6) is 11.5 Å². The van der Waals surface area contributed by atoms with Gasteiger partial charge in [-0.1, -0.05) is 12.1 Å². The van der Waals surface area contributed by atoms with Crippen LogP contribution in [-0.2, 0) is 0 Å². The lowest BCUT2D eigenvalue weighted by Gasteiger charge is -2.28. The molecule has 0 bridgehead atoms. The maximum atomic E-state index is 13.8. The van der Waals surface area contributed by atoms with Crippen LogP contribution in [0.4, 0.5) is 4.39 Å². The number of carbonyl (C=O) groups excluding carboxylic acids is 1. The number of phenolic OH excluding ortho intramolecular Hbond substituents is 1. The molecule has 2 heterocycles. The standard InChI is InChI=1S/C20H21FN2O3.ClH/c1-26-18-6-5-13(8-17(18)24)20(25)23-11-14-9-22-10-16(14)19(23)12-3-2-4-15(21)7-12;/h2-8,14,16,19,22,24H,9-11H2,1H3;1H/t14-,16-,19+;/m0./s1. The Hall–Kier alpha value is -2.31. The number of halogens is 2. The van der Waals surface area contributed by atoms with Gasteiger partial charge in [-0.05, 0) is 41.8 Å². The van der Waals surface area contributed by atoms with Crippen molar-refractivity contribution in [3.63, 3.8) is 0 Å². The van der Waals surface area contributed by atoms with Crippen LogP contribution < -0.4 is 10.1 Å². The molecule has 2 saturated heterocycles. The normalized spacial score (nSPS) is 23.6. The molecule has 7 heteroatoms. The van der Waals surface area contributed by atoms with E-state index in [0.717, 1.165) is 18.7 Å². The molecule has 5 nitrogen and oxygen atoms in total. The minimum atomic E-state index is -0.300. The number of amides is 1. The van der Waals surface area contributed by atoms with Gasteiger partial charge in [0.1, 0.15) is 5.82 Å². The molecule has 3 atom stereocenters. The second-order valence-electron chi connectivity index (χ2n) is 6.93. The minimum Gasteiger partial charge on any atom is -0.504 e. The zero-order chi connectivity index (χ0) is 18.3. The molecule has 27 heavy (non-hydrogen) atoms. The smallest absolute Gasteiger partial charge is 0.254 e. The maximum Gasteiger partial charge on any atom is 0.254 e. The summed E-state index contributed by atoms with van der Waals surface area (Å²) in [6.07, 6.45) is 0. The summed E-state index contributed by atoms with van der Waals surface area (Å²) in [7, 11) is 1.46. The van der Waals surface area contributed by atoms with E-state index in [1.807, 2.05) is 11.0 Å². The maximum absolute atomic E-state index is 13.8. The van der Waals surface area contributed by atoms with E-state index in [-0.39, 0.29) is 41.8 Å². The van der Waals surface area contributed by atoms with Gasteiger partial charge in [0.2, 0.25) is 0 Å². The summed E-state index contributed by atoms with van der Waals surface area (Å²) in [5.74, 6) is 0.400. The number of methoxy groups -OCH3 is 1. The van der Waals surface area contributed by atoms with Crippen LogP contribution in [0.15, 0.2) is 42.5 Å². The second kappa shape index (κ2) is 7.74. The molecule has 2 aromatic carbocycles. The summed E-state index contributed by atoms with van der Waals surface area (Å²) in [4.78, 5) is 15.0. The number of hydrogen-bond acceptors (Lipinski definition) is 4. The monoisotopic (exact) mass is 392 g/mol. The molecular formula is C20H22ClFN2O3. The van der Waals surface area contributed by atoms with Crippen molar-refractivity contribution in [3.8, 4) is 11.5 Å². The van der Waals surface area contributed by atoms with E-state index in [0.29, 0.717) is 23.8 Å². The summed E-state index contributed by atoms with van der Waals surface area (Å²) in [6.45, 7) is 2.28. The van der Waals surface area contributed by atoms with Gasteiger partial charge in [0, 0.05) is 31.1 Å². The number of phenols is 1. The molecular weight excluding hydrogens is 371 g/mol. The topological polar surface area (TPSA) is 61.8 Å². The first-order valence-electron chi connectivity index (χ1n) is 8.72. The van der Waals surface area contributed by atoms with Gasteiger partial charge in [-0.15, -0.1) is 12.4 Å². The van der Waals surface area contributed by atoms with E-state index >= 15 is 0 Å². The average molecular weight is 393 g/mol. The third-order valence-corrected chi connectivity index (χ3v) is 5.44. The Morgan fingerprint density at radius 1 is 1.26 bits per heavy atom. The Labute approximate surface area is 163 Å². The van der Waals surface area contributed by atoms with Crippen LogP contribution in [-0.4, -0.2) is 42.7 Å². The van der Waals surface area contributed by atoms with Gasteiger partial charge in [-0.3, -0.25) is 4.79 Å². The third kappa shape index (κ3) is 3.47. The number of benzene rings is 2. The van der Waals surface area contributed by atoms with Crippen LogP contribution in [0.25, 0.3) is 0 Å². The SMILES string of the molecule is COc1ccc(C(=O)N2C[C@@H]3CNC[C@@H]3[C@H]2c2cccc(F)c2)cc1O.Cl. The first kappa shape index (κ1) is 19.5. The highest BCUT2D eigenvalue weighted by Gasteiger charge is 2.47. The molecule has 2 aliphatic heterocycles. The molecule has 0 saturated carbocycles. The molecule has 2 N–H and O–H groups in total. The summed E-state index contributed by atoms with van der Waals surface area (Å²) in [5.41, 5.74) is 1.21. The van der Waals surface area contributed by atoms with Crippen molar-refractivity contribution in [3.05, 3.63) is 59.4 Å². The van der Waals surface area contributed by atoms with Crippen LogP contribution in [0.3, 0.4) is 0 Å². The van der Waals surface area contributed by atoms with E-state index in [1.54, 1.807) is 18.2 Å². The number of likely N-dealkylation sites (tertiary alicyclic amines) is 1. The lowest BCUT2D eigenvalue weighted by Crippen LogP contribution is -2.34. The van der Waals surface area contributed by atoms with Gasteiger partial charge in [-0.2, -0.15) is 0 Å². The fourth-order valence-electron chi connectivity index (χ4n) is 4.24. The lowest BCUT2D eigenvalue weighted by atomic mass is 9.89. The first-order chi connectivity index (χ1) is 12.6. The number of carbonyl (C=O) groups is 1. The van der Waals surface area contributed by atoms with Crippen molar-refractivity contribution in [2.24, 2.45) is 11.8 Å². The Bertz CT molecular complexity index is 848. The quantitative estimate of drug-likeness (QED) is 0.843. The molecule has 0 unspecified atom stereocenters. The first-order valence-corrected chi connectivity index (χ1v) is 8.72. The molecule has 0 spiro atoms. The Balaban J connectivity index is 0.00000210. The van der Waals surface area contributed by atoms with Gasteiger partial charge < -0.3 is 20.1 Å². The van der Waals surface area contributed by atoms with Gasteiger partial charge in [-0.25, -0.2) is 4.39 Å². The average Bonchev–Trinajstić information content (AvgIpc) is 3.21. The molecule has 1 amide bonds. The number of ether oxygens (including phenoxy) is 1. The summed E-state index contributed by atoms with van der Waals surface area (Å²) < 4.78 is 18.8. The molecule has 0 aliphatic carbocycles. The molecule has 0 radical (unpaired) electrons. The molecule has 0 aromatic heterocycles. The highest BCUT2D eigenvalue weighted by atomic mass is 35.5. The zero-order valence-corrected chi connectivity index (χ0v) is 15.7. The number of fused-ring (bicyclic) bond motifs is 1. The van der Waals surface area contributed by atoms with Crippen molar-refractivity contribution in [2.75, 3.05) is 26.7 Å². The molecule has 2 aliphatic rings. The predicted octanol–water partition coefficient (Wildman–Crippen LogP) is 2.99. The van der Waals surface area contributed by atoms with Crippen molar-refractivity contribution in [1.82, 2.24) is 10.2 Å². The molecule has 4 rings (SSSR count). The number of aromatic hydroxyl groups is 1. The third-order valence-electron chi connectivity index (χ3n) is 5.44. The molecule has 2 aromatic rings. The summed E-state index contributed by atoms with van der Waals surface area (Å²) >= 11 is 0. The van der Waals surface area contributed by atoms with Crippen molar-refractivity contribution < 1.29 is 19.0 Å². The zero-order valence-electron chi connectivity index (χ0n) is 14.9. The van der Waals surface area contributed by atoms with Crippen molar-refractivity contribution in [1.29, 1.82) is 0 Å². The van der Waals surface area contributed by atoms with E-state index < -0.39 is 0 Å². The fraction of sp³-hybridized carbons (Fsp3) is 0.350. The number of rotatable bonds is 3. The second-order valence-corrected chi connectivity index (χ2v) is 6.93. The number of nitrogens with zero attached hydrogens (tertiary/aromatic N) is 1. The predicted molar refractivity (Wildman–Crippen MR) is 102 cm³/mol. The van der Waals surface area contributed by atoms with E-state index in [4.69, 9.17) is 4.74 Å². The van der Waals surface area contributed by atoms with Crippen LogP contribution in [0.1, 0.15) is 22.0 Å².